The first-order valence-electron chi connectivity index (χ1n) is 5.94. The van der Waals surface area contributed by atoms with E-state index < -0.39 is 0 Å². The fraction of sp³-hybridized carbons (Fsp3) is 0.143. The second-order valence-electron chi connectivity index (χ2n) is 4.56. The lowest BCUT2D eigenvalue weighted by atomic mass is 10.2. The highest BCUT2D eigenvalue weighted by atomic mass is 19.1. The van der Waals surface area contributed by atoms with E-state index in [9.17, 15) is 4.39 Å². The number of nitrogen functional groups attached to an aromatic ring is 1. The average molecular weight is 256 g/mol. The van der Waals surface area contributed by atoms with Gasteiger partial charge in [-0.2, -0.15) is 0 Å². The number of imidazole rings is 1. The highest BCUT2D eigenvalue weighted by Gasteiger charge is 2.15. The summed E-state index contributed by atoms with van der Waals surface area (Å²) < 4.78 is 15.6. The Hall–Kier alpha value is -2.43. The van der Waals surface area contributed by atoms with E-state index >= 15 is 0 Å². The van der Waals surface area contributed by atoms with Crippen LogP contribution in [0.1, 0.15) is 11.1 Å². The SMILES string of the molecule is Cc1ccc(-n2c(N)nc3c(C)ccnc32)c(F)c1. The maximum absolute atomic E-state index is 14.1. The largest absolute Gasteiger partial charge is 0.369 e. The minimum Gasteiger partial charge on any atom is -0.369 e. The van der Waals surface area contributed by atoms with E-state index in [1.807, 2.05) is 26.0 Å². The number of halogens is 1. The lowest BCUT2D eigenvalue weighted by molar-refractivity contribution is 0.618. The van der Waals surface area contributed by atoms with Gasteiger partial charge in [-0.1, -0.05) is 6.07 Å². The van der Waals surface area contributed by atoms with Crippen molar-refractivity contribution in [3.8, 4) is 5.69 Å². The van der Waals surface area contributed by atoms with Gasteiger partial charge in [0, 0.05) is 6.20 Å². The standard InChI is InChI=1S/C14H13FN4/c1-8-3-4-11(10(15)7-8)19-13-12(18-14(19)16)9(2)5-6-17-13/h3-7H,1-2H3,(H2,16,18). The zero-order valence-corrected chi connectivity index (χ0v) is 10.7. The Morgan fingerprint density at radius 1 is 1.21 bits per heavy atom. The maximum Gasteiger partial charge on any atom is 0.207 e. The number of aromatic nitrogens is 3. The normalized spacial score (nSPS) is 11.1. The molecular weight excluding hydrogens is 243 g/mol. The summed E-state index contributed by atoms with van der Waals surface area (Å²) in [4.78, 5) is 8.52. The van der Waals surface area contributed by atoms with Gasteiger partial charge in [0.05, 0.1) is 5.69 Å². The number of hydrogen-bond donors (Lipinski definition) is 1. The predicted molar refractivity (Wildman–Crippen MR) is 72.7 cm³/mol. The first-order chi connectivity index (χ1) is 9.08. The van der Waals surface area contributed by atoms with Gasteiger partial charge in [-0.25, -0.2) is 14.4 Å². The number of benzene rings is 1. The van der Waals surface area contributed by atoms with Crippen LogP contribution in [0.5, 0.6) is 0 Å². The summed E-state index contributed by atoms with van der Waals surface area (Å²) in [5.74, 6) is -0.103. The van der Waals surface area contributed by atoms with Crippen molar-refractivity contribution in [2.45, 2.75) is 13.8 Å². The molecule has 1 aromatic carbocycles. The molecule has 0 aliphatic heterocycles. The van der Waals surface area contributed by atoms with Crippen LogP contribution in [-0.2, 0) is 0 Å². The van der Waals surface area contributed by atoms with Crippen molar-refractivity contribution in [3.05, 3.63) is 47.4 Å². The Morgan fingerprint density at radius 2 is 2.00 bits per heavy atom. The molecule has 3 rings (SSSR count). The first-order valence-corrected chi connectivity index (χ1v) is 5.94. The number of anilines is 1. The molecule has 0 radical (unpaired) electrons. The fourth-order valence-electron chi connectivity index (χ4n) is 2.14. The van der Waals surface area contributed by atoms with Crippen LogP contribution in [0.15, 0.2) is 30.5 Å². The van der Waals surface area contributed by atoms with Crippen LogP contribution in [0.4, 0.5) is 10.3 Å². The summed E-state index contributed by atoms with van der Waals surface area (Å²) in [6.45, 7) is 3.76. The smallest absolute Gasteiger partial charge is 0.207 e. The molecule has 0 unspecified atom stereocenters. The lowest BCUT2D eigenvalue weighted by Gasteiger charge is -2.07. The quantitative estimate of drug-likeness (QED) is 0.728. The minimum absolute atomic E-state index is 0.236. The summed E-state index contributed by atoms with van der Waals surface area (Å²) in [5.41, 5.74) is 9.35. The van der Waals surface area contributed by atoms with Crippen LogP contribution >= 0.6 is 0 Å². The van der Waals surface area contributed by atoms with E-state index in [-0.39, 0.29) is 11.8 Å². The van der Waals surface area contributed by atoms with Crippen molar-refractivity contribution in [2.75, 3.05) is 5.73 Å². The Bertz CT molecular complexity index is 776. The van der Waals surface area contributed by atoms with E-state index in [0.29, 0.717) is 16.9 Å². The molecule has 19 heavy (non-hydrogen) atoms. The van der Waals surface area contributed by atoms with E-state index in [0.717, 1.165) is 11.1 Å². The van der Waals surface area contributed by atoms with E-state index in [1.165, 1.54) is 10.6 Å². The van der Waals surface area contributed by atoms with Gasteiger partial charge in [-0.15, -0.1) is 0 Å². The Labute approximate surface area is 109 Å². The van der Waals surface area contributed by atoms with Gasteiger partial charge in [-0.3, -0.25) is 4.57 Å². The van der Waals surface area contributed by atoms with Crippen LogP contribution in [0, 0.1) is 19.7 Å². The Morgan fingerprint density at radius 3 is 2.74 bits per heavy atom. The highest BCUT2D eigenvalue weighted by molar-refractivity contribution is 5.79. The average Bonchev–Trinajstić information content (AvgIpc) is 2.68. The molecule has 0 amide bonds. The third kappa shape index (κ3) is 1.74. The molecule has 96 valence electrons. The second-order valence-corrected chi connectivity index (χ2v) is 4.56. The molecule has 0 atom stereocenters. The number of fused-ring (bicyclic) bond motifs is 1. The second kappa shape index (κ2) is 4.05. The summed E-state index contributed by atoms with van der Waals surface area (Å²) in [6.07, 6.45) is 1.67. The molecular formula is C14H13FN4. The van der Waals surface area contributed by atoms with Gasteiger partial charge >= 0.3 is 0 Å². The molecule has 0 aliphatic rings. The molecule has 4 nitrogen and oxygen atoms in total. The van der Waals surface area contributed by atoms with Crippen molar-refractivity contribution >= 4 is 17.1 Å². The van der Waals surface area contributed by atoms with Gasteiger partial charge < -0.3 is 5.73 Å². The molecule has 2 heterocycles. The number of aryl methyl sites for hydroxylation is 2. The molecule has 0 spiro atoms. The molecule has 0 bridgehead atoms. The topological polar surface area (TPSA) is 56.7 Å². The lowest BCUT2D eigenvalue weighted by Crippen LogP contribution is -2.03. The number of hydrogen-bond acceptors (Lipinski definition) is 3. The third-order valence-corrected chi connectivity index (χ3v) is 3.12. The zero-order valence-electron chi connectivity index (χ0n) is 10.7. The summed E-state index contributed by atoms with van der Waals surface area (Å²) >= 11 is 0. The van der Waals surface area contributed by atoms with E-state index in [2.05, 4.69) is 9.97 Å². The van der Waals surface area contributed by atoms with E-state index in [1.54, 1.807) is 12.3 Å². The van der Waals surface area contributed by atoms with Gasteiger partial charge in [0.1, 0.15) is 11.3 Å². The molecule has 5 heteroatoms. The van der Waals surface area contributed by atoms with Crippen LogP contribution in [0.2, 0.25) is 0 Å². The first kappa shape index (κ1) is 11.6. The number of pyridine rings is 1. The summed E-state index contributed by atoms with van der Waals surface area (Å²) in [5, 5.41) is 0. The highest BCUT2D eigenvalue weighted by Crippen LogP contribution is 2.25. The molecule has 0 saturated heterocycles. The van der Waals surface area contributed by atoms with Gasteiger partial charge in [0.15, 0.2) is 5.65 Å². The van der Waals surface area contributed by atoms with Crippen LogP contribution in [0.25, 0.3) is 16.9 Å². The number of nitrogens with two attached hydrogens (primary N) is 1. The van der Waals surface area contributed by atoms with Crippen molar-refractivity contribution in [3.63, 3.8) is 0 Å². The third-order valence-electron chi connectivity index (χ3n) is 3.12. The fourth-order valence-corrected chi connectivity index (χ4v) is 2.14. The van der Waals surface area contributed by atoms with Crippen molar-refractivity contribution < 1.29 is 4.39 Å². The molecule has 0 aliphatic carbocycles. The molecule has 2 N–H and O–H groups in total. The predicted octanol–water partition coefficient (Wildman–Crippen LogP) is 2.76. The molecule has 2 aromatic heterocycles. The monoisotopic (exact) mass is 256 g/mol. The van der Waals surface area contributed by atoms with Crippen LogP contribution in [0.3, 0.4) is 0 Å². The van der Waals surface area contributed by atoms with Crippen molar-refractivity contribution in [1.29, 1.82) is 0 Å². The number of nitrogens with zero attached hydrogens (tertiary/aromatic N) is 3. The molecule has 3 aromatic rings. The van der Waals surface area contributed by atoms with Crippen molar-refractivity contribution in [1.82, 2.24) is 14.5 Å². The Balaban J connectivity index is 2.36. The zero-order chi connectivity index (χ0) is 13.6. The van der Waals surface area contributed by atoms with Gasteiger partial charge in [0.25, 0.3) is 0 Å². The summed E-state index contributed by atoms with van der Waals surface area (Å²) in [6, 6.07) is 6.84. The molecule has 0 fully saturated rings. The number of rotatable bonds is 1. The minimum atomic E-state index is -0.339. The van der Waals surface area contributed by atoms with Crippen molar-refractivity contribution in [2.24, 2.45) is 0 Å². The van der Waals surface area contributed by atoms with Gasteiger partial charge in [-0.05, 0) is 43.2 Å². The van der Waals surface area contributed by atoms with Crippen LogP contribution in [-0.4, -0.2) is 14.5 Å². The molecule has 0 saturated carbocycles. The summed E-state index contributed by atoms with van der Waals surface area (Å²) in [7, 11) is 0. The Kier molecular flexibility index (Phi) is 2.48. The van der Waals surface area contributed by atoms with Gasteiger partial charge in [0.2, 0.25) is 5.95 Å². The maximum atomic E-state index is 14.1. The van der Waals surface area contributed by atoms with E-state index in [4.69, 9.17) is 5.73 Å². The van der Waals surface area contributed by atoms with Crippen LogP contribution < -0.4 is 5.73 Å².